The Bertz CT molecular complexity index is 1100. The van der Waals surface area contributed by atoms with Crippen LogP contribution in [0.1, 0.15) is 61.3 Å². The predicted octanol–water partition coefficient (Wildman–Crippen LogP) is 6.37. The monoisotopic (exact) mass is 464 g/mol. The van der Waals surface area contributed by atoms with Gasteiger partial charge in [0.2, 0.25) is 5.89 Å². The maximum atomic E-state index is 10.9. The van der Waals surface area contributed by atoms with Gasteiger partial charge in [0.15, 0.2) is 0 Å². The molecule has 1 heterocycles. The number of aliphatic carboxylic acids is 1. The molecule has 0 aliphatic heterocycles. The van der Waals surface area contributed by atoms with Crippen LogP contribution in [0.5, 0.6) is 5.75 Å². The number of ether oxygens (including phenoxy) is 1. The number of carboxylic acid groups (broad SMARTS) is 1. The van der Waals surface area contributed by atoms with E-state index in [4.69, 9.17) is 19.2 Å². The Hall–Kier alpha value is -3.28. The molecule has 0 bridgehead atoms. The Morgan fingerprint density at radius 2 is 1.91 bits per heavy atom. The van der Waals surface area contributed by atoms with E-state index < -0.39 is 5.97 Å². The minimum atomic E-state index is -0.778. The van der Waals surface area contributed by atoms with E-state index in [-0.39, 0.29) is 6.42 Å². The summed E-state index contributed by atoms with van der Waals surface area (Å²) < 4.78 is 12.0. The van der Waals surface area contributed by atoms with Crippen molar-refractivity contribution >= 4 is 11.7 Å². The summed E-state index contributed by atoms with van der Waals surface area (Å²) in [6, 6.07) is 12.1. The van der Waals surface area contributed by atoms with E-state index in [1.807, 2.05) is 31.2 Å². The van der Waals surface area contributed by atoms with Crippen LogP contribution in [0.4, 0.5) is 5.69 Å². The summed E-state index contributed by atoms with van der Waals surface area (Å²) in [7, 11) is 0. The fraction of sp³-hybridized carbons (Fsp3) is 0.429. The number of unbranched alkanes of at least 4 members (excludes halogenated alkanes) is 1. The summed E-state index contributed by atoms with van der Waals surface area (Å²) in [5.74, 6) is 1.44. The number of rotatable bonds is 13. The average molecular weight is 465 g/mol. The molecule has 0 fully saturated rings. The second kappa shape index (κ2) is 12.3. The molecule has 182 valence electrons. The Morgan fingerprint density at radius 3 is 2.65 bits per heavy atom. The molecule has 2 N–H and O–H groups in total. The summed E-state index contributed by atoms with van der Waals surface area (Å²) in [4.78, 5) is 15.6. The molecule has 0 unspecified atom stereocenters. The molecule has 0 atom stereocenters. The number of nitrogens with one attached hydrogen (secondary N) is 1. The van der Waals surface area contributed by atoms with Gasteiger partial charge in [-0.2, -0.15) is 0 Å². The lowest BCUT2D eigenvalue weighted by Gasteiger charge is -2.11. The van der Waals surface area contributed by atoms with Gasteiger partial charge < -0.3 is 19.6 Å². The van der Waals surface area contributed by atoms with E-state index in [9.17, 15) is 4.79 Å². The lowest BCUT2D eigenvalue weighted by atomic mass is 10.0. The summed E-state index contributed by atoms with van der Waals surface area (Å²) in [5, 5.41) is 12.4. The van der Waals surface area contributed by atoms with E-state index in [2.05, 4.69) is 38.2 Å². The second-order valence-corrected chi connectivity index (χ2v) is 8.61. The van der Waals surface area contributed by atoms with Gasteiger partial charge in [0.1, 0.15) is 11.5 Å². The van der Waals surface area contributed by atoms with E-state index in [1.54, 1.807) is 0 Å². The molecule has 0 saturated carbocycles. The molecule has 0 aliphatic rings. The molecule has 6 heteroatoms. The van der Waals surface area contributed by atoms with Crippen LogP contribution in [-0.4, -0.2) is 29.2 Å². The Balaban J connectivity index is 1.62. The number of oxazole rings is 1. The smallest absolute Gasteiger partial charge is 0.303 e. The molecule has 3 rings (SSSR count). The standard InChI is InChI=1S/C28H36N2O4/c1-5-7-15-29-26-18-23(9-8-19(26)3)28-30-25(20(4)34-28)14-16-33-24-12-10-22(11-13-27(31)32)21(6-2)17-24/h8-10,12,17-18,29H,5-7,11,13-16H2,1-4H3,(H,31,32). The van der Waals surface area contributed by atoms with Gasteiger partial charge in [-0.15, -0.1) is 0 Å². The third kappa shape index (κ3) is 6.86. The Kier molecular flexibility index (Phi) is 9.14. The number of benzene rings is 2. The molecule has 6 nitrogen and oxygen atoms in total. The van der Waals surface area contributed by atoms with Gasteiger partial charge in [0, 0.05) is 30.6 Å². The van der Waals surface area contributed by atoms with Gasteiger partial charge in [-0.05, 0) is 74.1 Å². The number of carbonyl (C=O) groups is 1. The molecule has 0 aliphatic carbocycles. The van der Waals surface area contributed by atoms with Gasteiger partial charge in [0.05, 0.1) is 12.3 Å². The minimum absolute atomic E-state index is 0.137. The SMILES string of the molecule is CCCCNc1cc(-c2nc(CCOc3ccc(CCC(=O)O)c(CC)c3)c(C)o2)ccc1C. The quantitative estimate of drug-likeness (QED) is 0.286. The van der Waals surface area contributed by atoms with Crippen molar-refractivity contribution in [2.24, 2.45) is 0 Å². The highest BCUT2D eigenvalue weighted by molar-refractivity contribution is 5.67. The van der Waals surface area contributed by atoms with Crippen molar-refractivity contribution in [3.05, 3.63) is 64.5 Å². The molecule has 3 aromatic rings. The molecular weight excluding hydrogens is 428 g/mol. The molecule has 0 amide bonds. The van der Waals surface area contributed by atoms with Crippen molar-refractivity contribution in [3.63, 3.8) is 0 Å². The van der Waals surface area contributed by atoms with Crippen LogP contribution in [0.25, 0.3) is 11.5 Å². The molecule has 0 radical (unpaired) electrons. The van der Waals surface area contributed by atoms with Crippen molar-refractivity contribution < 1.29 is 19.1 Å². The topological polar surface area (TPSA) is 84.6 Å². The fourth-order valence-corrected chi connectivity index (χ4v) is 3.90. The number of hydrogen-bond donors (Lipinski definition) is 2. The van der Waals surface area contributed by atoms with E-state index in [0.717, 1.165) is 65.4 Å². The highest BCUT2D eigenvalue weighted by Crippen LogP contribution is 2.27. The van der Waals surface area contributed by atoms with Crippen LogP contribution in [0.2, 0.25) is 0 Å². The highest BCUT2D eigenvalue weighted by atomic mass is 16.5. The van der Waals surface area contributed by atoms with Gasteiger partial charge >= 0.3 is 5.97 Å². The molecule has 34 heavy (non-hydrogen) atoms. The third-order valence-corrected chi connectivity index (χ3v) is 6.00. The van der Waals surface area contributed by atoms with Crippen LogP contribution < -0.4 is 10.1 Å². The number of aryl methyl sites for hydroxylation is 4. The zero-order chi connectivity index (χ0) is 24.5. The molecular formula is C28H36N2O4. The molecule has 1 aromatic heterocycles. The summed E-state index contributed by atoms with van der Waals surface area (Å²) >= 11 is 0. The number of aromatic nitrogens is 1. The first kappa shape index (κ1) is 25.3. The van der Waals surface area contributed by atoms with Crippen LogP contribution in [0.15, 0.2) is 40.8 Å². The van der Waals surface area contributed by atoms with E-state index >= 15 is 0 Å². The van der Waals surface area contributed by atoms with Crippen molar-refractivity contribution in [1.29, 1.82) is 0 Å². The lowest BCUT2D eigenvalue weighted by Crippen LogP contribution is -2.04. The molecule has 0 spiro atoms. The van der Waals surface area contributed by atoms with Crippen molar-refractivity contribution in [2.75, 3.05) is 18.5 Å². The highest BCUT2D eigenvalue weighted by Gasteiger charge is 2.13. The predicted molar refractivity (Wildman–Crippen MR) is 136 cm³/mol. The first-order valence-electron chi connectivity index (χ1n) is 12.2. The number of anilines is 1. The molecule has 0 saturated heterocycles. The largest absolute Gasteiger partial charge is 0.493 e. The van der Waals surface area contributed by atoms with E-state index in [1.165, 1.54) is 5.56 Å². The maximum Gasteiger partial charge on any atom is 0.303 e. The maximum absolute atomic E-state index is 10.9. The van der Waals surface area contributed by atoms with Crippen LogP contribution >= 0.6 is 0 Å². The summed E-state index contributed by atoms with van der Waals surface area (Å²) in [5.41, 5.74) is 6.37. The zero-order valence-electron chi connectivity index (χ0n) is 20.7. The third-order valence-electron chi connectivity index (χ3n) is 6.00. The molecule has 2 aromatic carbocycles. The van der Waals surface area contributed by atoms with Gasteiger partial charge in [-0.1, -0.05) is 32.4 Å². The van der Waals surface area contributed by atoms with E-state index in [0.29, 0.717) is 25.3 Å². The Morgan fingerprint density at radius 1 is 1.09 bits per heavy atom. The fourth-order valence-electron chi connectivity index (χ4n) is 3.90. The lowest BCUT2D eigenvalue weighted by molar-refractivity contribution is -0.136. The van der Waals surface area contributed by atoms with Gasteiger partial charge in [-0.25, -0.2) is 4.98 Å². The normalized spacial score (nSPS) is 10.9. The first-order chi connectivity index (χ1) is 16.4. The number of hydrogen-bond acceptors (Lipinski definition) is 5. The van der Waals surface area contributed by atoms with Gasteiger partial charge in [0.25, 0.3) is 0 Å². The van der Waals surface area contributed by atoms with Crippen LogP contribution in [-0.2, 0) is 24.1 Å². The summed E-state index contributed by atoms with van der Waals surface area (Å²) in [6.45, 7) is 9.74. The Labute approximate surface area is 202 Å². The van der Waals surface area contributed by atoms with Crippen LogP contribution in [0, 0.1) is 13.8 Å². The first-order valence-corrected chi connectivity index (χ1v) is 12.2. The van der Waals surface area contributed by atoms with Crippen LogP contribution in [0.3, 0.4) is 0 Å². The second-order valence-electron chi connectivity index (χ2n) is 8.61. The number of carboxylic acids is 1. The zero-order valence-corrected chi connectivity index (χ0v) is 20.7. The summed E-state index contributed by atoms with van der Waals surface area (Å²) in [6.07, 6.45) is 4.45. The minimum Gasteiger partial charge on any atom is -0.493 e. The average Bonchev–Trinajstić information content (AvgIpc) is 3.19. The van der Waals surface area contributed by atoms with Crippen molar-refractivity contribution in [3.8, 4) is 17.2 Å². The van der Waals surface area contributed by atoms with Crippen molar-refractivity contribution in [2.45, 2.75) is 66.2 Å². The number of nitrogens with zero attached hydrogens (tertiary/aromatic N) is 1. The van der Waals surface area contributed by atoms with Gasteiger partial charge in [-0.3, -0.25) is 4.79 Å². The van der Waals surface area contributed by atoms with Crippen molar-refractivity contribution in [1.82, 2.24) is 4.98 Å².